The summed E-state index contributed by atoms with van der Waals surface area (Å²) in [6, 6.07) is 0.632. The molecule has 0 bridgehead atoms. The van der Waals surface area contributed by atoms with E-state index < -0.39 is 0 Å². The molecule has 74 valence electrons. The van der Waals surface area contributed by atoms with E-state index in [1.165, 1.54) is 6.42 Å². The largest absolute Gasteiger partial charge is 0.385 e. The minimum atomic E-state index is 0.632. The lowest BCUT2D eigenvalue weighted by Gasteiger charge is -2.22. The van der Waals surface area contributed by atoms with Gasteiger partial charge in [0.15, 0.2) is 0 Å². The third-order valence-electron chi connectivity index (χ3n) is 2.09. The van der Waals surface area contributed by atoms with E-state index in [1.807, 2.05) is 0 Å². The van der Waals surface area contributed by atoms with Gasteiger partial charge in [-0.2, -0.15) is 0 Å². The molecular weight excluding hydrogens is 218 g/mol. The average molecular weight is 238 g/mol. The highest BCUT2D eigenvalue weighted by atomic mass is 79.9. The maximum atomic E-state index is 4.98. The summed E-state index contributed by atoms with van der Waals surface area (Å²) in [4.78, 5) is 2.37. The van der Waals surface area contributed by atoms with Gasteiger partial charge in [-0.25, -0.2) is 0 Å². The number of unbranched alkanes of at least 4 members (excludes halogenated alkanes) is 1. The number of methoxy groups -OCH3 is 1. The number of halogens is 1. The normalized spacial score (nSPS) is 13.8. The maximum absolute atomic E-state index is 4.98. The van der Waals surface area contributed by atoms with Crippen LogP contribution in [0.5, 0.6) is 0 Å². The highest BCUT2D eigenvalue weighted by Crippen LogP contribution is 2.01. The Kier molecular flexibility index (Phi) is 8.29. The molecule has 0 heterocycles. The monoisotopic (exact) mass is 237 g/mol. The van der Waals surface area contributed by atoms with Crippen molar-refractivity contribution in [1.82, 2.24) is 4.90 Å². The zero-order valence-electron chi connectivity index (χ0n) is 8.35. The first-order chi connectivity index (χ1) is 5.72. The number of hydrogen-bond donors (Lipinski definition) is 0. The zero-order chi connectivity index (χ0) is 9.40. The molecule has 0 radical (unpaired) electrons. The Labute approximate surface area is 84.4 Å². The number of alkyl halides is 1. The molecule has 0 aromatic heterocycles. The molecule has 0 spiro atoms. The van der Waals surface area contributed by atoms with Crippen molar-refractivity contribution in [3.05, 3.63) is 0 Å². The molecular formula is C9H20BrNO. The zero-order valence-corrected chi connectivity index (χ0v) is 9.93. The highest BCUT2D eigenvalue weighted by Gasteiger charge is 2.05. The molecule has 1 atom stereocenters. The molecule has 0 aliphatic carbocycles. The van der Waals surface area contributed by atoms with Gasteiger partial charge in [0.05, 0.1) is 0 Å². The lowest BCUT2D eigenvalue weighted by molar-refractivity contribution is 0.184. The van der Waals surface area contributed by atoms with Crippen LogP contribution in [0.15, 0.2) is 0 Å². The smallest absolute Gasteiger partial charge is 0.0462 e. The van der Waals surface area contributed by atoms with Crippen molar-refractivity contribution in [3.63, 3.8) is 0 Å². The van der Waals surface area contributed by atoms with Crippen molar-refractivity contribution in [3.8, 4) is 0 Å². The van der Waals surface area contributed by atoms with Crippen LogP contribution in [-0.2, 0) is 4.74 Å². The third kappa shape index (κ3) is 5.98. The van der Waals surface area contributed by atoms with Crippen molar-refractivity contribution in [1.29, 1.82) is 0 Å². The summed E-state index contributed by atoms with van der Waals surface area (Å²) >= 11 is 3.47. The van der Waals surface area contributed by atoms with Crippen molar-refractivity contribution >= 4 is 15.9 Å². The second-order valence-electron chi connectivity index (χ2n) is 3.18. The molecule has 1 unspecified atom stereocenters. The van der Waals surface area contributed by atoms with E-state index in [2.05, 4.69) is 34.8 Å². The number of hydrogen-bond acceptors (Lipinski definition) is 2. The lowest BCUT2D eigenvalue weighted by Crippen LogP contribution is -2.31. The maximum Gasteiger partial charge on any atom is 0.0462 e. The molecule has 0 fully saturated rings. The lowest BCUT2D eigenvalue weighted by atomic mass is 10.2. The van der Waals surface area contributed by atoms with E-state index in [9.17, 15) is 0 Å². The molecule has 0 rings (SSSR count). The van der Waals surface area contributed by atoms with Crippen LogP contribution in [0.2, 0.25) is 0 Å². The Bertz CT molecular complexity index is 101. The van der Waals surface area contributed by atoms with Crippen LogP contribution in [0.4, 0.5) is 0 Å². The summed E-state index contributed by atoms with van der Waals surface area (Å²) in [5.74, 6) is 0. The Hall–Kier alpha value is 0.400. The molecule has 0 amide bonds. The topological polar surface area (TPSA) is 12.5 Å². The van der Waals surface area contributed by atoms with Crippen molar-refractivity contribution in [2.75, 3.05) is 32.6 Å². The fourth-order valence-corrected chi connectivity index (χ4v) is 1.44. The van der Waals surface area contributed by atoms with Crippen LogP contribution in [-0.4, -0.2) is 43.6 Å². The molecule has 0 saturated carbocycles. The van der Waals surface area contributed by atoms with Crippen LogP contribution >= 0.6 is 15.9 Å². The van der Waals surface area contributed by atoms with Crippen molar-refractivity contribution < 1.29 is 4.74 Å². The first-order valence-electron chi connectivity index (χ1n) is 4.47. The van der Waals surface area contributed by atoms with Crippen LogP contribution < -0.4 is 0 Å². The van der Waals surface area contributed by atoms with Crippen LogP contribution in [0.1, 0.15) is 19.8 Å². The van der Waals surface area contributed by atoms with E-state index >= 15 is 0 Å². The molecule has 2 nitrogen and oxygen atoms in total. The van der Waals surface area contributed by atoms with Gasteiger partial charge in [-0.15, -0.1) is 0 Å². The van der Waals surface area contributed by atoms with Crippen LogP contribution in [0.3, 0.4) is 0 Å². The fourth-order valence-electron chi connectivity index (χ4n) is 0.946. The molecule has 0 N–H and O–H groups in total. The first kappa shape index (κ1) is 12.4. The summed E-state index contributed by atoms with van der Waals surface area (Å²) in [6.07, 6.45) is 2.39. The third-order valence-corrected chi connectivity index (χ3v) is 3.02. The molecule has 0 aliphatic rings. The van der Waals surface area contributed by atoms with Gasteiger partial charge in [0.25, 0.3) is 0 Å². The van der Waals surface area contributed by atoms with Gasteiger partial charge in [-0.3, -0.25) is 0 Å². The molecule has 0 saturated heterocycles. The second kappa shape index (κ2) is 8.02. The van der Waals surface area contributed by atoms with Gasteiger partial charge in [0, 0.05) is 25.1 Å². The van der Waals surface area contributed by atoms with Crippen molar-refractivity contribution in [2.24, 2.45) is 0 Å². The average Bonchev–Trinajstić information content (AvgIpc) is 2.10. The Morgan fingerprint density at radius 3 is 2.58 bits per heavy atom. The van der Waals surface area contributed by atoms with Gasteiger partial charge >= 0.3 is 0 Å². The molecule has 0 aliphatic heterocycles. The number of ether oxygens (including phenoxy) is 1. The fraction of sp³-hybridized carbons (Fsp3) is 1.00. The minimum absolute atomic E-state index is 0.632. The minimum Gasteiger partial charge on any atom is -0.385 e. The Balaban J connectivity index is 3.24. The number of nitrogens with zero attached hydrogens (tertiary/aromatic N) is 1. The molecule has 12 heavy (non-hydrogen) atoms. The summed E-state index contributed by atoms with van der Waals surface area (Å²) in [5, 5.41) is 1.05. The summed E-state index contributed by atoms with van der Waals surface area (Å²) in [6.45, 7) is 4.28. The molecule has 0 aromatic carbocycles. The predicted molar refractivity (Wildman–Crippen MR) is 57.0 cm³/mol. The predicted octanol–water partition coefficient (Wildman–Crippen LogP) is 2.13. The standard InChI is InChI=1S/C9H20BrNO/c1-9(8-10)11(2)6-4-5-7-12-3/h9H,4-8H2,1-3H3. The Morgan fingerprint density at radius 2 is 2.08 bits per heavy atom. The molecule has 0 aromatic rings. The quantitative estimate of drug-likeness (QED) is 0.497. The second-order valence-corrected chi connectivity index (χ2v) is 3.83. The Morgan fingerprint density at radius 1 is 1.42 bits per heavy atom. The SMILES string of the molecule is COCCCCN(C)C(C)CBr. The van der Waals surface area contributed by atoms with E-state index in [-0.39, 0.29) is 0 Å². The van der Waals surface area contributed by atoms with Gasteiger partial charge < -0.3 is 9.64 Å². The number of rotatable bonds is 7. The summed E-state index contributed by atoms with van der Waals surface area (Å²) < 4.78 is 4.98. The van der Waals surface area contributed by atoms with Gasteiger partial charge in [0.2, 0.25) is 0 Å². The van der Waals surface area contributed by atoms with Gasteiger partial charge in [-0.1, -0.05) is 15.9 Å². The van der Waals surface area contributed by atoms with Crippen LogP contribution in [0, 0.1) is 0 Å². The molecule has 3 heteroatoms. The van der Waals surface area contributed by atoms with Crippen LogP contribution in [0.25, 0.3) is 0 Å². The van der Waals surface area contributed by atoms with Gasteiger partial charge in [-0.05, 0) is 33.4 Å². The first-order valence-corrected chi connectivity index (χ1v) is 5.59. The summed E-state index contributed by atoms with van der Waals surface area (Å²) in [7, 11) is 3.92. The highest BCUT2D eigenvalue weighted by molar-refractivity contribution is 9.09. The summed E-state index contributed by atoms with van der Waals surface area (Å²) in [5.41, 5.74) is 0. The van der Waals surface area contributed by atoms with E-state index in [1.54, 1.807) is 7.11 Å². The van der Waals surface area contributed by atoms with Crippen molar-refractivity contribution in [2.45, 2.75) is 25.8 Å². The van der Waals surface area contributed by atoms with E-state index in [0.29, 0.717) is 6.04 Å². The van der Waals surface area contributed by atoms with E-state index in [4.69, 9.17) is 4.74 Å². The van der Waals surface area contributed by atoms with E-state index in [0.717, 1.165) is 24.9 Å². The van der Waals surface area contributed by atoms with Gasteiger partial charge in [0.1, 0.15) is 0 Å².